The van der Waals surface area contributed by atoms with E-state index in [-0.39, 0.29) is 23.6 Å². The van der Waals surface area contributed by atoms with Crippen molar-refractivity contribution in [2.24, 2.45) is 5.41 Å². The predicted molar refractivity (Wildman–Crippen MR) is 103 cm³/mol. The first-order chi connectivity index (χ1) is 13.8. The van der Waals surface area contributed by atoms with Gasteiger partial charge in [-0.15, -0.1) is 0 Å². The summed E-state index contributed by atoms with van der Waals surface area (Å²) in [7, 11) is 0. The summed E-state index contributed by atoms with van der Waals surface area (Å²) < 4.78 is 20.2. The Balaban J connectivity index is 2.20. The highest BCUT2D eigenvalue weighted by Gasteiger charge is 2.68. The van der Waals surface area contributed by atoms with Crippen LogP contribution in [0.15, 0.2) is 10.6 Å². The van der Waals surface area contributed by atoms with Gasteiger partial charge < -0.3 is 18.9 Å². The normalized spacial score (nSPS) is 22.8. The molecule has 0 saturated carbocycles. The first kappa shape index (κ1) is 23.7. The van der Waals surface area contributed by atoms with Crippen LogP contribution in [0.5, 0.6) is 0 Å². The molecule has 30 heavy (non-hydrogen) atoms. The van der Waals surface area contributed by atoms with Crippen LogP contribution in [0.1, 0.15) is 48.0 Å². The summed E-state index contributed by atoms with van der Waals surface area (Å²) in [5.41, 5.74) is -2.32. The van der Waals surface area contributed by atoms with E-state index in [1.165, 1.54) is 13.8 Å². The molecule has 0 aromatic rings. The van der Waals surface area contributed by atoms with E-state index in [2.05, 4.69) is 0 Å². The minimum Gasteiger partial charge on any atom is -0.460 e. The summed E-state index contributed by atoms with van der Waals surface area (Å²) in [5.74, 6) is -3.26. The van der Waals surface area contributed by atoms with E-state index in [4.69, 9.17) is 18.9 Å². The van der Waals surface area contributed by atoms with Gasteiger partial charge in [-0.1, -0.05) is 18.7 Å². The van der Waals surface area contributed by atoms with Crippen molar-refractivity contribution in [3.8, 4) is 0 Å². The summed E-state index contributed by atoms with van der Waals surface area (Å²) in [6.45, 7) is 8.13. The molecule has 0 aromatic carbocycles. The maximum absolute atomic E-state index is 12.8. The quantitative estimate of drug-likeness (QED) is 0.247. The van der Waals surface area contributed by atoms with Crippen molar-refractivity contribution in [3.63, 3.8) is 0 Å². The van der Waals surface area contributed by atoms with Gasteiger partial charge in [0.15, 0.2) is 0 Å². The zero-order valence-corrected chi connectivity index (χ0v) is 18.5. The second kappa shape index (κ2) is 8.66. The molecule has 2 aliphatic rings. The Morgan fingerprint density at radius 2 is 1.70 bits per heavy atom. The fourth-order valence-corrected chi connectivity index (χ4v) is 4.40. The van der Waals surface area contributed by atoms with E-state index in [0.29, 0.717) is 0 Å². The van der Waals surface area contributed by atoms with Crippen LogP contribution < -0.4 is 0 Å². The third-order valence-electron chi connectivity index (χ3n) is 4.42. The molecular formula is C19H25NO9S. The number of hydrogen-bond donors (Lipinski definition) is 0. The van der Waals surface area contributed by atoms with Crippen molar-refractivity contribution in [1.29, 1.82) is 0 Å². The number of carbonyl (C=O) groups excluding carboxylic acids is 5. The van der Waals surface area contributed by atoms with E-state index < -0.39 is 53.0 Å². The fraction of sp³-hybridized carbons (Fsp3) is 0.632. The van der Waals surface area contributed by atoms with Gasteiger partial charge in [-0.2, -0.15) is 0 Å². The van der Waals surface area contributed by atoms with Crippen LogP contribution in [0, 0.1) is 5.41 Å². The Labute approximate surface area is 178 Å². The predicted octanol–water partition coefficient (Wildman–Crippen LogP) is 1.48. The Kier molecular flexibility index (Phi) is 6.85. The molecular weight excluding hydrogens is 418 g/mol. The van der Waals surface area contributed by atoms with E-state index in [9.17, 15) is 24.0 Å². The zero-order valence-electron chi connectivity index (χ0n) is 17.7. The average Bonchev–Trinajstić information content (AvgIpc) is 2.99. The number of nitrogens with zero attached hydrogens (tertiary/aromatic N) is 1. The lowest BCUT2D eigenvalue weighted by Crippen LogP contribution is -2.72. The summed E-state index contributed by atoms with van der Waals surface area (Å²) >= 11 is 1.08. The number of β-lactam (4-membered cyclic amide) rings is 1. The molecule has 166 valence electrons. The molecule has 0 unspecified atom stereocenters. The summed E-state index contributed by atoms with van der Waals surface area (Å²) in [6, 6.07) is 0. The maximum Gasteiger partial charge on any atom is 0.358 e. The van der Waals surface area contributed by atoms with Gasteiger partial charge in [0.2, 0.25) is 12.4 Å². The molecule has 2 heterocycles. The third kappa shape index (κ3) is 4.45. The largest absolute Gasteiger partial charge is 0.460 e. The van der Waals surface area contributed by atoms with E-state index in [1.807, 2.05) is 0 Å². The van der Waals surface area contributed by atoms with Crippen LogP contribution in [0.3, 0.4) is 0 Å². The van der Waals surface area contributed by atoms with Crippen LogP contribution in [0.2, 0.25) is 0 Å². The van der Waals surface area contributed by atoms with Crippen molar-refractivity contribution in [2.75, 3.05) is 13.4 Å². The molecule has 2 rings (SSSR count). The monoisotopic (exact) mass is 443 g/mol. The van der Waals surface area contributed by atoms with Crippen molar-refractivity contribution in [2.45, 2.75) is 58.9 Å². The van der Waals surface area contributed by atoms with Crippen molar-refractivity contribution in [1.82, 2.24) is 4.90 Å². The number of rotatable bonds is 7. The minimum absolute atomic E-state index is 0.126. The van der Waals surface area contributed by atoms with Gasteiger partial charge in [-0.25, -0.2) is 4.79 Å². The van der Waals surface area contributed by atoms with E-state index >= 15 is 0 Å². The molecule has 0 radical (unpaired) electrons. The molecule has 2 atom stereocenters. The Bertz CT molecular complexity index is 813. The SMILES string of the molecule is CC[C@@]1(OC(C)=O)C(=O)N2C(C(=O)OCOC(=O)C(C)(C)C)=C(COC(C)=O)S[C@@H]21. The first-order valence-electron chi connectivity index (χ1n) is 9.26. The van der Waals surface area contributed by atoms with Gasteiger partial charge in [0.25, 0.3) is 5.91 Å². The number of thioether (sulfide) groups is 1. The molecule has 1 amide bonds. The molecule has 10 nitrogen and oxygen atoms in total. The van der Waals surface area contributed by atoms with Crippen LogP contribution in [-0.4, -0.2) is 59.1 Å². The Hall–Kier alpha value is -2.56. The highest BCUT2D eigenvalue weighted by Crippen LogP contribution is 2.54. The lowest BCUT2D eigenvalue weighted by atomic mass is 9.88. The lowest BCUT2D eigenvalue weighted by molar-refractivity contribution is -0.195. The van der Waals surface area contributed by atoms with Gasteiger partial charge >= 0.3 is 23.9 Å². The highest BCUT2D eigenvalue weighted by molar-refractivity contribution is 8.04. The maximum atomic E-state index is 12.8. The summed E-state index contributed by atoms with van der Waals surface area (Å²) in [6.07, 6.45) is 0.200. The zero-order chi connectivity index (χ0) is 22.9. The van der Waals surface area contributed by atoms with Gasteiger partial charge in [-0.05, 0) is 27.2 Å². The smallest absolute Gasteiger partial charge is 0.358 e. The Morgan fingerprint density at radius 3 is 2.20 bits per heavy atom. The number of fused-ring (bicyclic) bond motifs is 1. The van der Waals surface area contributed by atoms with Crippen LogP contribution in [0.25, 0.3) is 0 Å². The summed E-state index contributed by atoms with van der Waals surface area (Å²) in [4.78, 5) is 61.5. The first-order valence-corrected chi connectivity index (χ1v) is 10.1. The lowest BCUT2D eigenvalue weighted by Gasteiger charge is -2.50. The van der Waals surface area contributed by atoms with Crippen molar-refractivity contribution in [3.05, 3.63) is 10.6 Å². The highest BCUT2D eigenvalue weighted by atomic mass is 32.2. The molecule has 0 aromatic heterocycles. The van der Waals surface area contributed by atoms with E-state index in [1.54, 1.807) is 27.7 Å². The topological polar surface area (TPSA) is 126 Å². The van der Waals surface area contributed by atoms with Crippen LogP contribution in [-0.2, 0) is 42.9 Å². The third-order valence-corrected chi connectivity index (χ3v) is 5.83. The number of hydrogen-bond acceptors (Lipinski definition) is 10. The van der Waals surface area contributed by atoms with Crippen LogP contribution >= 0.6 is 11.8 Å². The molecule has 0 spiro atoms. The van der Waals surface area contributed by atoms with Gasteiger partial charge in [0, 0.05) is 13.8 Å². The Morgan fingerprint density at radius 1 is 1.07 bits per heavy atom. The molecule has 0 N–H and O–H groups in total. The minimum atomic E-state index is -1.42. The standard InChI is InChI=1S/C19H25NO9S/c1-7-19(29-11(3)22)15(24)20-13(12(30-16(19)20)8-26-10(2)21)14(23)27-9-28-17(25)18(4,5)6/h16H,7-9H2,1-6H3/t16-,19-/m1/s1. The van der Waals surface area contributed by atoms with Crippen molar-refractivity contribution < 1.29 is 42.9 Å². The number of ether oxygens (including phenoxy) is 4. The number of esters is 4. The second-order valence-corrected chi connectivity index (χ2v) is 8.94. The van der Waals surface area contributed by atoms with Crippen LogP contribution in [0.4, 0.5) is 0 Å². The molecule has 0 bridgehead atoms. The van der Waals surface area contributed by atoms with Gasteiger partial charge in [0.1, 0.15) is 17.7 Å². The number of amides is 1. The van der Waals surface area contributed by atoms with Crippen molar-refractivity contribution >= 4 is 41.5 Å². The summed E-state index contributed by atoms with van der Waals surface area (Å²) in [5, 5.41) is -0.691. The molecule has 11 heteroatoms. The molecule has 1 fully saturated rings. The average molecular weight is 443 g/mol. The van der Waals surface area contributed by atoms with Gasteiger partial charge in [0.05, 0.1) is 10.3 Å². The molecule has 1 saturated heterocycles. The second-order valence-electron chi connectivity index (χ2n) is 7.77. The van der Waals surface area contributed by atoms with Gasteiger partial charge in [-0.3, -0.25) is 24.1 Å². The van der Waals surface area contributed by atoms with E-state index in [0.717, 1.165) is 16.7 Å². The number of carbonyl (C=O) groups is 5. The molecule has 0 aliphatic carbocycles. The molecule has 2 aliphatic heterocycles. The fourth-order valence-electron chi connectivity index (χ4n) is 2.90.